The second kappa shape index (κ2) is 7.44. The molecule has 0 aliphatic carbocycles. The molecule has 134 valence electrons. The maximum Gasteiger partial charge on any atom is 0.227 e. The Morgan fingerprint density at radius 3 is 2.27 bits per heavy atom. The van der Waals surface area contributed by atoms with Crippen LogP contribution >= 0.6 is 0 Å². The number of nitrogens with two attached hydrogens (primary N) is 2. The van der Waals surface area contributed by atoms with Gasteiger partial charge in [0.2, 0.25) is 5.91 Å². The van der Waals surface area contributed by atoms with E-state index in [1.807, 2.05) is 55.5 Å². The smallest absolute Gasteiger partial charge is 0.227 e. The van der Waals surface area contributed by atoms with E-state index in [0.29, 0.717) is 24.4 Å². The van der Waals surface area contributed by atoms with Crippen molar-refractivity contribution >= 4 is 28.8 Å². The molecule has 2 aromatic rings. The van der Waals surface area contributed by atoms with E-state index < -0.39 is 0 Å². The van der Waals surface area contributed by atoms with Crippen LogP contribution in [0, 0.1) is 0 Å². The third-order valence-electron chi connectivity index (χ3n) is 4.72. The highest BCUT2D eigenvalue weighted by atomic mass is 16.2. The number of anilines is 1. The summed E-state index contributed by atoms with van der Waals surface area (Å²) in [7, 11) is 0. The molecule has 4 N–H and O–H groups in total. The zero-order valence-corrected chi connectivity index (χ0v) is 14.9. The van der Waals surface area contributed by atoms with E-state index in [0.717, 1.165) is 22.4 Å². The van der Waals surface area contributed by atoms with Gasteiger partial charge in [-0.2, -0.15) is 0 Å². The molecule has 26 heavy (non-hydrogen) atoms. The molecule has 0 bridgehead atoms. The number of hydrogen-bond acceptors (Lipinski definition) is 4. The summed E-state index contributed by atoms with van der Waals surface area (Å²) in [5, 5.41) is 0. The number of hydrogen-bond donors (Lipinski definition) is 2. The first-order chi connectivity index (χ1) is 12.5. The van der Waals surface area contributed by atoms with Crippen molar-refractivity contribution in [3.8, 4) is 0 Å². The summed E-state index contributed by atoms with van der Waals surface area (Å²) in [5.74, 6) is -0.00921. The number of nitrogens with zero attached hydrogens (tertiary/aromatic N) is 1. The molecule has 0 unspecified atom stereocenters. The number of para-hydroxylation sites is 1. The lowest BCUT2D eigenvalue weighted by atomic mass is 9.96. The van der Waals surface area contributed by atoms with Gasteiger partial charge in [-0.05, 0) is 11.6 Å². The van der Waals surface area contributed by atoms with E-state index in [9.17, 15) is 9.59 Å². The molecule has 5 nitrogen and oxygen atoms in total. The van der Waals surface area contributed by atoms with E-state index in [1.165, 1.54) is 0 Å². The SMILES string of the molecule is CCC(=O)CCC(=O)N1Cc2ccccc2/C(N)=C(/N)c2ccccc21. The highest BCUT2D eigenvalue weighted by molar-refractivity contribution is 6.01. The number of carbonyl (C=O) groups excluding carboxylic acids is 2. The maximum absolute atomic E-state index is 12.9. The average molecular weight is 349 g/mol. The molecule has 0 saturated carbocycles. The monoisotopic (exact) mass is 349 g/mol. The van der Waals surface area contributed by atoms with Crippen LogP contribution in [-0.2, 0) is 16.1 Å². The van der Waals surface area contributed by atoms with E-state index in [4.69, 9.17) is 11.5 Å². The van der Waals surface area contributed by atoms with Gasteiger partial charge in [0.05, 0.1) is 23.6 Å². The first kappa shape index (κ1) is 17.7. The number of ketones is 1. The fourth-order valence-corrected chi connectivity index (χ4v) is 3.18. The molecule has 0 fully saturated rings. The van der Waals surface area contributed by atoms with Crippen LogP contribution in [0.3, 0.4) is 0 Å². The largest absolute Gasteiger partial charge is 0.397 e. The molecule has 5 heteroatoms. The lowest BCUT2D eigenvalue weighted by molar-refractivity contribution is -0.123. The van der Waals surface area contributed by atoms with Crippen LogP contribution in [0.15, 0.2) is 48.5 Å². The molecule has 0 radical (unpaired) electrons. The Morgan fingerprint density at radius 1 is 0.923 bits per heavy atom. The summed E-state index contributed by atoms with van der Waals surface area (Å²) >= 11 is 0. The Labute approximate surface area is 153 Å². The van der Waals surface area contributed by atoms with E-state index in [-0.39, 0.29) is 24.5 Å². The molecule has 0 aromatic heterocycles. The van der Waals surface area contributed by atoms with Crippen molar-refractivity contribution < 1.29 is 9.59 Å². The fourth-order valence-electron chi connectivity index (χ4n) is 3.18. The van der Waals surface area contributed by atoms with E-state index >= 15 is 0 Å². The van der Waals surface area contributed by atoms with Crippen LogP contribution in [-0.4, -0.2) is 11.7 Å². The summed E-state index contributed by atoms with van der Waals surface area (Å²) in [6.45, 7) is 2.20. The molecule has 1 aliphatic heterocycles. The van der Waals surface area contributed by atoms with Gasteiger partial charge in [0.15, 0.2) is 0 Å². The second-order valence-corrected chi connectivity index (χ2v) is 6.37. The summed E-state index contributed by atoms with van der Waals surface area (Å²) in [4.78, 5) is 26.3. The molecular weight excluding hydrogens is 326 g/mol. The Bertz CT molecular complexity index is 886. The molecule has 0 spiro atoms. The highest BCUT2D eigenvalue weighted by Gasteiger charge is 2.25. The highest BCUT2D eigenvalue weighted by Crippen LogP contribution is 2.33. The van der Waals surface area contributed by atoms with Gasteiger partial charge in [-0.3, -0.25) is 9.59 Å². The number of Topliss-reactive ketones (excluding diaryl/α,β-unsaturated/α-hetero) is 1. The normalized spacial score (nSPS) is 16.3. The Kier molecular flexibility index (Phi) is 5.07. The van der Waals surface area contributed by atoms with Gasteiger partial charge in [-0.15, -0.1) is 0 Å². The third-order valence-corrected chi connectivity index (χ3v) is 4.72. The zero-order chi connectivity index (χ0) is 18.7. The minimum atomic E-state index is -0.0951. The van der Waals surface area contributed by atoms with Gasteiger partial charge >= 0.3 is 0 Å². The maximum atomic E-state index is 12.9. The van der Waals surface area contributed by atoms with Gasteiger partial charge in [0.25, 0.3) is 0 Å². The summed E-state index contributed by atoms with van der Waals surface area (Å²) < 4.78 is 0. The van der Waals surface area contributed by atoms with Crippen LogP contribution in [0.1, 0.15) is 42.9 Å². The van der Waals surface area contributed by atoms with Crippen molar-refractivity contribution in [3.05, 3.63) is 65.2 Å². The number of carbonyl (C=O) groups is 2. The van der Waals surface area contributed by atoms with Gasteiger partial charge in [0.1, 0.15) is 5.78 Å². The standard InChI is InChI=1S/C21H23N3O2/c1-2-15(25)11-12-19(26)24-13-14-7-3-4-8-16(14)20(22)21(23)17-9-5-6-10-18(17)24/h3-10H,2,11-13,22-23H2,1H3/b21-20-. The molecule has 0 saturated heterocycles. The van der Waals surface area contributed by atoms with Gasteiger partial charge in [-0.25, -0.2) is 0 Å². The summed E-state index contributed by atoms with van der Waals surface area (Å²) in [6, 6.07) is 15.1. The molecule has 0 atom stereocenters. The van der Waals surface area contributed by atoms with Crippen LogP contribution < -0.4 is 16.4 Å². The Balaban J connectivity index is 2.08. The molecule has 2 aromatic carbocycles. The fraction of sp³-hybridized carbons (Fsp3) is 0.238. The minimum Gasteiger partial charge on any atom is -0.397 e. The third kappa shape index (κ3) is 3.33. The minimum absolute atomic E-state index is 0.0859. The van der Waals surface area contributed by atoms with Gasteiger partial charge < -0.3 is 16.4 Å². The first-order valence-corrected chi connectivity index (χ1v) is 8.78. The molecular formula is C21H23N3O2. The predicted molar refractivity (Wildman–Crippen MR) is 104 cm³/mol. The van der Waals surface area contributed by atoms with Crippen LogP contribution in [0.4, 0.5) is 5.69 Å². The van der Waals surface area contributed by atoms with Crippen molar-refractivity contribution in [3.63, 3.8) is 0 Å². The predicted octanol–water partition coefficient (Wildman–Crippen LogP) is 3.04. The lowest BCUT2D eigenvalue weighted by Gasteiger charge is -2.29. The lowest BCUT2D eigenvalue weighted by Crippen LogP contribution is -2.33. The van der Waals surface area contributed by atoms with Crippen LogP contribution in [0.5, 0.6) is 0 Å². The topological polar surface area (TPSA) is 89.4 Å². The zero-order valence-electron chi connectivity index (χ0n) is 14.9. The number of benzene rings is 2. The van der Waals surface area contributed by atoms with Crippen molar-refractivity contribution in [1.82, 2.24) is 0 Å². The molecule has 1 heterocycles. The quantitative estimate of drug-likeness (QED) is 0.888. The average Bonchev–Trinajstić information content (AvgIpc) is 2.68. The summed E-state index contributed by atoms with van der Waals surface area (Å²) in [6.07, 6.45) is 0.879. The number of rotatable bonds is 4. The van der Waals surface area contributed by atoms with Crippen molar-refractivity contribution in [2.75, 3.05) is 4.90 Å². The van der Waals surface area contributed by atoms with Crippen molar-refractivity contribution in [2.24, 2.45) is 11.5 Å². The number of amides is 1. The molecule has 3 rings (SSSR count). The van der Waals surface area contributed by atoms with E-state index in [1.54, 1.807) is 4.90 Å². The Morgan fingerprint density at radius 2 is 1.54 bits per heavy atom. The van der Waals surface area contributed by atoms with Gasteiger partial charge in [0, 0.05) is 30.4 Å². The van der Waals surface area contributed by atoms with Crippen molar-refractivity contribution in [2.45, 2.75) is 32.7 Å². The van der Waals surface area contributed by atoms with Gasteiger partial charge in [-0.1, -0.05) is 49.4 Å². The van der Waals surface area contributed by atoms with Crippen molar-refractivity contribution in [1.29, 1.82) is 0 Å². The van der Waals surface area contributed by atoms with Crippen LogP contribution in [0.25, 0.3) is 11.4 Å². The first-order valence-electron chi connectivity index (χ1n) is 8.78. The number of fused-ring (bicyclic) bond motifs is 2. The van der Waals surface area contributed by atoms with E-state index in [2.05, 4.69) is 0 Å². The molecule has 1 aliphatic rings. The Hall–Kier alpha value is -3.08. The van der Waals surface area contributed by atoms with Crippen LogP contribution in [0.2, 0.25) is 0 Å². The molecule has 1 amide bonds. The summed E-state index contributed by atoms with van der Waals surface area (Å²) in [5.41, 5.74) is 16.8. The second-order valence-electron chi connectivity index (χ2n) is 6.37.